The van der Waals surface area contributed by atoms with Crippen molar-refractivity contribution < 1.29 is 4.74 Å². The molecule has 1 aromatic heterocycles. The third-order valence-corrected chi connectivity index (χ3v) is 4.74. The Hall–Kier alpha value is -3.55. The van der Waals surface area contributed by atoms with Crippen LogP contribution in [0.15, 0.2) is 57.8 Å². The van der Waals surface area contributed by atoms with Crippen molar-refractivity contribution in [3.8, 4) is 29.0 Å². The molecule has 0 spiro atoms. The highest BCUT2D eigenvalue weighted by Gasteiger charge is 2.18. The molecule has 0 unspecified atom stereocenters. The molecule has 0 saturated heterocycles. The van der Waals surface area contributed by atoms with Crippen LogP contribution < -0.4 is 16.0 Å². The zero-order chi connectivity index (χ0) is 19.4. The number of nitriles is 2. The summed E-state index contributed by atoms with van der Waals surface area (Å²) in [6.07, 6.45) is 0. The molecular weight excluding hydrogens is 408 g/mol. The molecule has 0 atom stereocenters. The van der Waals surface area contributed by atoms with Crippen molar-refractivity contribution in [1.29, 1.82) is 10.5 Å². The molecule has 0 radical (unpaired) electrons. The Bertz CT molecular complexity index is 1140. The maximum Gasteiger partial charge on any atom is 0.268 e. The van der Waals surface area contributed by atoms with Crippen molar-refractivity contribution in [2.75, 3.05) is 5.73 Å². The van der Waals surface area contributed by atoms with Gasteiger partial charge in [0.1, 0.15) is 41.4 Å². The van der Waals surface area contributed by atoms with Crippen molar-refractivity contribution in [2.24, 2.45) is 0 Å². The van der Waals surface area contributed by atoms with E-state index in [-0.39, 0.29) is 22.5 Å². The number of nitrogens with zero attached hydrogens (tertiary/aromatic N) is 2. The largest absolute Gasteiger partial charge is 0.489 e. The van der Waals surface area contributed by atoms with Crippen LogP contribution in [0, 0.1) is 22.7 Å². The molecule has 7 heteroatoms. The first kappa shape index (κ1) is 18.2. The van der Waals surface area contributed by atoms with E-state index in [9.17, 15) is 15.3 Å². The number of hydrogen-bond acceptors (Lipinski definition) is 5. The predicted octanol–water partition coefficient (Wildman–Crippen LogP) is 3.71. The number of nitrogens with one attached hydrogen (secondary N) is 1. The Morgan fingerprint density at radius 2 is 1.70 bits per heavy atom. The van der Waals surface area contributed by atoms with Crippen molar-refractivity contribution >= 4 is 21.7 Å². The van der Waals surface area contributed by atoms with E-state index in [1.807, 2.05) is 36.4 Å². The molecule has 27 heavy (non-hydrogen) atoms. The lowest BCUT2D eigenvalue weighted by Crippen LogP contribution is -2.16. The average Bonchev–Trinajstić information content (AvgIpc) is 2.67. The second-order valence-electron chi connectivity index (χ2n) is 5.62. The van der Waals surface area contributed by atoms with E-state index in [0.29, 0.717) is 17.9 Å². The van der Waals surface area contributed by atoms with Crippen LogP contribution in [0.25, 0.3) is 11.1 Å². The van der Waals surface area contributed by atoms with Crippen LogP contribution >= 0.6 is 15.9 Å². The van der Waals surface area contributed by atoms with Gasteiger partial charge in [-0.15, -0.1) is 0 Å². The average molecular weight is 421 g/mol. The van der Waals surface area contributed by atoms with Gasteiger partial charge >= 0.3 is 0 Å². The number of benzene rings is 2. The summed E-state index contributed by atoms with van der Waals surface area (Å²) < 4.78 is 6.73. The SMILES string of the molecule is N#Cc1c(N)[nH]c(=O)c(C#N)c1-c1ccc(OCc2ccccc2Br)cc1. The van der Waals surface area contributed by atoms with Gasteiger partial charge in [0.15, 0.2) is 0 Å². The minimum atomic E-state index is -0.627. The van der Waals surface area contributed by atoms with Crippen LogP contribution in [0.3, 0.4) is 0 Å². The topological polar surface area (TPSA) is 116 Å². The zero-order valence-corrected chi connectivity index (χ0v) is 15.6. The van der Waals surface area contributed by atoms with E-state index < -0.39 is 5.56 Å². The number of pyridine rings is 1. The quantitative estimate of drug-likeness (QED) is 0.666. The molecule has 2 aromatic carbocycles. The Kier molecular flexibility index (Phi) is 5.25. The number of H-pyrrole nitrogens is 1. The van der Waals surface area contributed by atoms with Crippen LogP contribution in [0.2, 0.25) is 0 Å². The van der Waals surface area contributed by atoms with Crippen molar-refractivity contribution in [3.63, 3.8) is 0 Å². The highest BCUT2D eigenvalue weighted by atomic mass is 79.9. The molecule has 3 aromatic rings. The number of nitrogen functional groups attached to an aromatic ring is 1. The van der Waals surface area contributed by atoms with Gasteiger partial charge in [-0.2, -0.15) is 10.5 Å². The van der Waals surface area contributed by atoms with Gasteiger partial charge in [-0.1, -0.05) is 46.3 Å². The highest BCUT2D eigenvalue weighted by molar-refractivity contribution is 9.10. The number of ether oxygens (including phenoxy) is 1. The lowest BCUT2D eigenvalue weighted by molar-refractivity contribution is 0.305. The monoisotopic (exact) mass is 420 g/mol. The first-order valence-corrected chi connectivity index (χ1v) is 8.67. The number of halogens is 1. The molecule has 3 N–H and O–H groups in total. The summed E-state index contributed by atoms with van der Waals surface area (Å²) >= 11 is 3.47. The lowest BCUT2D eigenvalue weighted by Gasteiger charge is -2.11. The molecule has 0 aliphatic carbocycles. The van der Waals surface area contributed by atoms with Crippen LogP contribution in [0.4, 0.5) is 5.82 Å². The molecule has 0 amide bonds. The molecule has 0 saturated carbocycles. The van der Waals surface area contributed by atoms with Crippen molar-refractivity contribution in [2.45, 2.75) is 6.61 Å². The van der Waals surface area contributed by atoms with Crippen LogP contribution in [-0.2, 0) is 6.61 Å². The molecule has 6 nitrogen and oxygen atoms in total. The number of hydrogen-bond donors (Lipinski definition) is 2. The van der Waals surface area contributed by atoms with Gasteiger partial charge in [0.25, 0.3) is 5.56 Å². The highest BCUT2D eigenvalue weighted by Crippen LogP contribution is 2.29. The second-order valence-corrected chi connectivity index (χ2v) is 6.48. The van der Waals surface area contributed by atoms with E-state index in [0.717, 1.165) is 10.0 Å². The Morgan fingerprint density at radius 3 is 2.33 bits per heavy atom. The summed E-state index contributed by atoms with van der Waals surface area (Å²) in [6.45, 7) is 0.381. The van der Waals surface area contributed by atoms with Gasteiger partial charge < -0.3 is 15.5 Å². The van der Waals surface area contributed by atoms with Gasteiger partial charge in [-0.3, -0.25) is 4.79 Å². The number of aromatic nitrogens is 1. The second kappa shape index (κ2) is 7.77. The summed E-state index contributed by atoms with van der Waals surface area (Å²) in [4.78, 5) is 14.3. The minimum Gasteiger partial charge on any atom is -0.489 e. The standard InChI is InChI=1S/C20H13BrN4O2/c21-17-4-2-1-3-13(17)11-27-14-7-5-12(6-8-14)18-15(9-22)19(24)25-20(26)16(18)10-23/h1-8H,11H2,(H3,24,25,26). The van der Waals surface area contributed by atoms with Crippen LogP contribution in [0.5, 0.6) is 5.75 Å². The van der Waals surface area contributed by atoms with Gasteiger partial charge in [-0.25, -0.2) is 0 Å². The third kappa shape index (κ3) is 3.69. The van der Waals surface area contributed by atoms with E-state index in [4.69, 9.17) is 10.5 Å². The van der Waals surface area contributed by atoms with Gasteiger partial charge in [0.2, 0.25) is 0 Å². The maximum absolute atomic E-state index is 12.0. The zero-order valence-electron chi connectivity index (χ0n) is 14.0. The van der Waals surface area contributed by atoms with Crippen LogP contribution in [0.1, 0.15) is 16.7 Å². The van der Waals surface area contributed by atoms with E-state index in [1.54, 1.807) is 24.3 Å². The van der Waals surface area contributed by atoms with Gasteiger partial charge in [0.05, 0.1) is 0 Å². The summed E-state index contributed by atoms with van der Waals surface area (Å²) in [5.41, 5.74) is 6.78. The molecule has 0 bridgehead atoms. The Labute approximate surface area is 163 Å². The summed E-state index contributed by atoms with van der Waals surface area (Å²) in [5.74, 6) is 0.551. The molecular formula is C20H13BrN4O2. The lowest BCUT2D eigenvalue weighted by atomic mass is 9.96. The number of aromatic amines is 1. The fraction of sp³-hybridized carbons (Fsp3) is 0.0500. The number of anilines is 1. The first-order chi connectivity index (χ1) is 13.0. The smallest absolute Gasteiger partial charge is 0.268 e. The van der Waals surface area contributed by atoms with Crippen LogP contribution in [-0.4, -0.2) is 4.98 Å². The summed E-state index contributed by atoms with van der Waals surface area (Å²) in [6, 6.07) is 18.3. The first-order valence-electron chi connectivity index (χ1n) is 7.87. The molecule has 3 rings (SSSR count). The maximum atomic E-state index is 12.0. The summed E-state index contributed by atoms with van der Waals surface area (Å²) in [7, 11) is 0. The van der Waals surface area contributed by atoms with Crippen molar-refractivity contribution in [3.05, 3.63) is 80.0 Å². The van der Waals surface area contributed by atoms with Crippen molar-refractivity contribution in [1.82, 2.24) is 4.98 Å². The van der Waals surface area contributed by atoms with Gasteiger partial charge in [0, 0.05) is 15.6 Å². The van der Waals surface area contributed by atoms with E-state index >= 15 is 0 Å². The minimum absolute atomic E-state index is 0.0630. The number of rotatable bonds is 4. The fourth-order valence-electron chi connectivity index (χ4n) is 2.63. The Balaban J connectivity index is 1.93. The predicted molar refractivity (Wildman–Crippen MR) is 105 cm³/mol. The third-order valence-electron chi connectivity index (χ3n) is 3.96. The Morgan fingerprint density at radius 1 is 1.04 bits per heavy atom. The molecule has 132 valence electrons. The number of nitrogens with two attached hydrogens (primary N) is 1. The molecule has 0 fully saturated rings. The fourth-order valence-corrected chi connectivity index (χ4v) is 3.03. The summed E-state index contributed by atoms with van der Waals surface area (Å²) in [5, 5.41) is 18.7. The molecule has 0 aliphatic heterocycles. The van der Waals surface area contributed by atoms with Gasteiger partial charge in [-0.05, 0) is 23.8 Å². The van der Waals surface area contributed by atoms with E-state index in [2.05, 4.69) is 20.9 Å². The molecule has 1 heterocycles. The van der Waals surface area contributed by atoms with E-state index in [1.165, 1.54) is 0 Å². The normalized spacial score (nSPS) is 10.0. The molecule has 0 aliphatic rings.